The van der Waals surface area contributed by atoms with E-state index in [1.807, 2.05) is 0 Å². The van der Waals surface area contributed by atoms with Crippen LogP contribution < -0.4 is 4.74 Å². The van der Waals surface area contributed by atoms with Gasteiger partial charge in [-0.2, -0.15) is 0 Å². The molecule has 82 valence electrons. The molecule has 0 saturated heterocycles. The predicted molar refractivity (Wildman–Crippen MR) is 55.3 cm³/mol. The van der Waals surface area contributed by atoms with Crippen LogP contribution in [0.3, 0.4) is 0 Å². The van der Waals surface area contributed by atoms with Crippen LogP contribution in [-0.4, -0.2) is 12.2 Å². The Hall–Kier alpha value is -1.09. The fourth-order valence-electron chi connectivity index (χ4n) is 1.92. The number of halogens is 1. The molecule has 1 fully saturated rings. The number of methoxy groups -OCH3 is 1. The highest BCUT2D eigenvalue weighted by atomic mass is 19.1. The van der Waals surface area contributed by atoms with Crippen LogP contribution in [-0.2, 0) is 0 Å². The molecule has 2 rings (SSSR count). The predicted octanol–water partition coefficient (Wildman–Crippen LogP) is 2.67. The summed E-state index contributed by atoms with van der Waals surface area (Å²) in [5, 5.41) is 9.95. The Labute approximate surface area is 88.7 Å². The molecule has 1 aliphatic carbocycles. The molecule has 0 heterocycles. The monoisotopic (exact) mass is 210 g/mol. The van der Waals surface area contributed by atoms with E-state index in [4.69, 9.17) is 4.74 Å². The van der Waals surface area contributed by atoms with E-state index in [1.165, 1.54) is 7.11 Å². The molecule has 0 bridgehead atoms. The molecule has 1 saturated carbocycles. The summed E-state index contributed by atoms with van der Waals surface area (Å²) in [6, 6.07) is 4.90. The van der Waals surface area contributed by atoms with Crippen LogP contribution in [0.2, 0.25) is 0 Å². The molecule has 1 N–H and O–H groups in total. The normalized spacial score (nSPS) is 18.3. The van der Waals surface area contributed by atoms with Gasteiger partial charge < -0.3 is 9.84 Å². The van der Waals surface area contributed by atoms with Gasteiger partial charge in [0.05, 0.1) is 13.2 Å². The van der Waals surface area contributed by atoms with Crippen LogP contribution in [0, 0.1) is 11.7 Å². The summed E-state index contributed by atoms with van der Waals surface area (Å²) in [5.41, 5.74) is 0.360. The van der Waals surface area contributed by atoms with Crippen molar-refractivity contribution in [1.29, 1.82) is 0 Å². The lowest BCUT2D eigenvalue weighted by Crippen LogP contribution is -2.20. The zero-order chi connectivity index (χ0) is 10.8. The number of ether oxygens (including phenoxy) is 1. The van der Waals surface area contributed by atoms with Gasteiger partial charge in [0, 0.05) is 5.56 Å². The number of rotatable bonds is 3. The lowest BCUT2D eigenvalue weighted by atomic mass is 9.78. The number of aliphatic hydroxyl groups is 1. The van der Waals surface area contributed by atoms with Crippen LogP contribution in [0.15, 0.2) is 18.2 Å². The molecule has 2 nitrogen and oxygen atoms in total. The van der Waals surface area contributed by atoms with Gasteiger partial charge in [-0.05, 0) is 24.8 Å². The van der Waals surface area contributed by atoms with E-state index in [0.29, 0.717) is 5.56 Å². The molecule has 1 aliphatic rings. The van der Waals surface area contributed by atoms with Gasteiger partial charge in [-0.3, -0.25) is 0 Å². The summed E-state index contributed by atoms with van der Waals surface area (Å²) in [6.07, 6.45) is 2.41. The maximum Gasteiger partial charge on any atom is 0.170 e. The van der Waals surface area contributed by atoms with Crippen molar-refractivity contribution in [3.05, 3.63) is 29.6 Å². The SMILES string of the molecule is COc1cccc(C(O)C2CCC2)c1F. The smallest absolute Gasteiger partial charge is 0.170 e. The van der Waals surface area contributed by atoms with Crippen LogP contribution in [0.4, 0.5) is 4.39 Å². The highest BCUT2D eigenvalue weighted by Crippen LogP contribution is 2.39. The minimum atomic E-state index is -0.686. The van der Waals surface area contributed by atoms with Crippen molar-refractivity contribution in [3.63, 3.8) is 0 Å². The highest BCUT2D eigenvalue weighted by Gasteiger charge is 2.29. The van der Waals surface area contributed by atoms with Crippen molar-refractivity contribution in [2.24, 2.45) is 5.92 Å². The maximum absolute atomic E-state index is 13.8. The molecule has 0 radical (unpaired) electrons. The van der Waals surface area contributed by atoms with E-state index in [2.05, 4.69) is 0 Å². The fraction of sp³-hybridized carbons (Fsp3) is 0.500. The first-order valence-corrected chi connectivity index (χ1v) is 5.24. The first kappa shape index (κ1) is 10.4. The molecule has 3 heteroatoms. The second-order valence-electron chi connectivity index (χ2n) is 4.00. The van der Waals surface area contributed by atoms with Crippen molar-refractivity contribution in [2.75, 3.05) is 7.11 Å². The second kappa shape index (κ2) is 4.19. The Morgan fingerprint density at radius 3 is 2.73 bits per heavy atom. The van der Waals surface area contributed by atoms with Crippen LogP contribution in [0.1, 0.15) is 30.9 Å². The number of benzene rings is 1. The molecule has 0 amide bonds. The molecule has 1 unspecified atom stereocenters. The van der Waals surface area contributed by atoms with Gasteiger partial charge in [0.1, 0.15) is 0 Å². The average molecular weight is 210 g/mol. The van der Waals surface area contributed by atoms with Crippen molar-refractivity contribution in [2.45, 2.75) is 25.4 Å². The van der Waals surface area contributed by atoms with Crippen molar-refractivity contribution in [1.82, 2.24) is 0 Å². The Bertz CT molecular complexity index is 347. The van der Waals surface area contributed by atoms with Gasteiger partial charge in [0.25, 0.3) is 0 Å². The fourth-order valence-corrected chi connectivity index (χ4v) is 1.92. The van der Waals surface area contributed by atoms with E-state index in [0.717, 1.165) is 19.3 Å². The third-order valence-electron chi connectivity index (χ3n) is 3.13. The van der Waals surface area contributed by atoms with Crippen LogP contribution >= 0.6 is 0 Å². The molecule has 0 spiro atoms. The molecule has 15 heavy (non-hydrogen) atoms. The third kappa shape index (κ3) is 1.84. The van der Waals surface area contributed by atoms with Gasteiger partial charge in [-0.15, -0.1) is 0 Å². The Morgan fingerprint density at radius 1 is 1.47 bits per heavy atom. The van der Waals surface area contributed by atoms with Gasteiger partial charge in [-0.25, -0.2) is 4.39 Å². The van der Waals surface area contributed by atoms with E-state index < -0.39 is 11.9 Å². The first-order chi connectivity index (χ1) is 7.24. The minimum Gasteiger partial charge on any atom is -0.494 e. The summed E-state index contributed by atoms with van der Waals surface area (Å²) >= 11 is 0. The molecule has 0 aliphatic heterocycles. The third-order valence-corrected chi connectivity index (χ3v) is 3.13. The summed E-state index contributed by atoms with van der Waals surface area (Å²) in [4.78, 5) is 0. The number of hydrogen-bond donors (Lipinski definition) is 1. The molecule has 1 atom stereocenters. The van der Waals surface area contributed by atoms with Gasteiger partial charge in [-0.1, -0.05) is 18.6 Å². The highest BCUT2D eigenvalue weighted by molar-refractivity contribution is 5.32. The largest absolute Gasteiger partial charge is 0.494 e. The average Bonchev–Trinajstić information content (AvgIpc) is 2.15. The topological polar surface area (TPSA) is 29.5 Å². The van der Waals surface area contributed by atoms with Crippen molar-refractivity contribution < 1.29 is 14.2 Å². The molecular formula is C12H15FO2. The van der Waals surface area contributed by atoms with E-state index in [-0.39, 0.29) is 11.7 Å². The van der Waals surface area contributed by atoms with Crippen LogP contribution in [0.5, 0.6) is 5.75 Å². The number of hydrogen-bond acceptors (Lipinski definition) is 2. The van der Waals surface area contributed by atoms with E-state index >= 15 is 0 Å². The van der Waals surface area contributed by atoms with Crippen molar-refractivity contribution in [3.8, 4) is 5.75 Å². The molecule has 1 aromatic rings. The zero-order valence-corrected chi connectivity index (χ0v) is 8.74. The zero-order valence-electron chi connectivity index (χ0n) is 8.74. The maximum atomic E-state index is 13.8. The molecule has 0 aromatic heterocycles. The molecule has 1 aromatic carbocycles. The van der Waals surface area contributed by atoms with Crippen molar-refractivity contribution >= 4 is 0 Å². The second-order valence-corrected chi connectivity index (χ2v) is 4.00. The van der Waals surface area contributed by atoms with Crippen LogP contribution in [0.25, 0.3) is 0 Å². The summed E-state index contributed by atoms with van der Waals surface area (Å²) < 4.78 is 18.6. The Balaban J connectivity index is 2.26. The lowest BCUT2D eigenvalue weighted by molar-refractivity contribution is 0.0588. The summed E-state index contributed by atoms with van der Waals surface area (Å²) in [5.74, 6) is -0.0168. The summed E-state index contributed by atoms with van der Waals surface area (Å²) in [7, 11) is 1.43. The Morgan fingerprint density at radius 2 is 2.20 bits per heavy atom. The van der Waals surface area contributed by atoms with Gasteiger partial charge in [0.15, 0.2) is 11.6 Å². The standard InChI is InChI=1S/C12H15FO2/c1-15-10-7-3-6-9(11(10)13)12(14)8-4-2-5-8/h3,6-8,12,14H,2,4-5H2,1H3. The lowest BCUT2D eigenvalue weighted by Gasteiger charge is -2.30. The summed E-state index contributed by atoms with van der Waals surface area (Å²) in [6.45, 7) is 0. The van der Waals surface area contributed by atoms with E-state index in [1.54, 1.807) is 18.2 Å². The number of aliphatic hydroxyl groups excluding tert-OH is 1. The Kier molecular flexibility index (Phi) is 2.91. The quantitative estimate of drug-likeness (QED) is 0.831. The van der Waals surface area contributed by atoms with Gasteiger partial charge in [0.2, 0.25) is 0 Å². The minimum absolute atomic E-state index is 0.200. The van der Waals surface area contributed by atoms with Gasteiger partial charge >= 0.3 is 0 Å². The molecular weight excluding hydrogens is 195 g/mol. The van der Waals surface area contributed by atoms with E-state index in [9.17, 15) is 9.50 Å². The first-order valence-electron chi connectivity index (χ1n) is 5.24.